The Bertz CT molecular complexity index is 1060. The molecule has 0 aliphatic rings. The molecule has 7 nitrogen and oxygen atoms in total. The van der Waals surface area contributed by atoms with Gasteiger partial charge in [0.1, 0.15) is 5.15 Å². The van der Waals surface area contributed by atoms with Crippen LogP contribution in [-0.4, -0.2) is 36.2 Å². The summed E-state index contributed by atoms with van der Waals surface area (Å²) in [5, 5.41) is 4.88. The topological polar surface area (TPSA) is 70.1 Å². The highest BCUT2D eigenvalue weighted by Crippen LogP contribution is 2.32. The first-order chi connectivity index (χ1) is 12.1. The maximum atomic E-state index is 5.96. The van der Waals surface area contributed by atoms with Crippen LogP contribution in [0.4, 0.5) is 0 Å². The molecule has 0 amide bonds. The maximum Gasteiger partial charge on any atom is 0.254 e. The minimum atomic E-state index is 0.320. The summed E-state index contributed by atoms with van der Waals surface area (Å²) >= 11 is 5.96. The molecule has 8 heteroatoms. The summed E-state index contributed by atoms with van der Waals surface area (Å²) in [6.45, 7) is 4.03. The molecule has 4 aromatic heterocycles. The van der Waals surface area contributed by atoms with E-state index in [1.807, 2.05) is 42.8 Å². The quantitative estimate of drug-likeness (QED) is 0.564. The zero-order valence-electron chi connectivity index (χ0n) is 13.9. The SMILES string of the molecule is COc1c(-c2cncc(Cl)n2)ccn2nc(-n3c(C)ccc3C)nc12. The zero-order chi connectivity index (χ0) is 17.6. The molecule has 0 bridgehead atoms. The fraction of sp³-hybridized carbons (Fsp3) is 0.176. The van der Waals surface area contributed by atoms with E-state index in [2.05, 4.69) is 20.1 Å². The van der Waals surface area contributed by atoms with Gasteiger partial charge in [0.15, 0.2) is 11.4 Å². The Morgan fingerprint density at radius 1 is 1.04 bits per heavy atom. The van der Waals surface area contributed by atoms with Crippen LogP contribution < -0.4 is 4.74 Å². The number of hydrogen-bond donors (Lipinski definition) is 0. The van der Waals surface area contributed by atoms with Crippen LogP contribution in [-0.2, 0) is 0 Å². The van der Waals surface area contributed by atoms with Crippen LogP contribution in [0.3, 0.4) is 0 Å². The molecule has 4 aromatic rings. The van der Waals surface area contributed by atoms with Gasteiger partial charge in [0, 0.05) is 23.1 Å². The number of fused-ring (bicyclic) bond motifs is 1. The highest BCUT2D eigenvalue weighted by molar-refractivity contribution is 6.29. The molecular weight excluding hydrogens is 340 g/mol. The molecule has 0 aromatic carbocycles. The van der Waals surface area contributed by atoms with E-state index in [9.17, 15) is 0 Å². The van der Waals surface area contributed by atoms with E-state index in [0.29, 0.717) is 28.2 Å². The van der Waals surface area contributed by atoms with Gasteiger partial charge in [-0.05, 0) is 32.0 Å². The molecule has 0 radical (unpaired) electrons. The average Bonchev–Trinajstić information content (AvgIpc) is 3.16. The number of halogens is 1. The van der Waals surface area contributed by atoms with Crippen molar-refractivity contribution in [3.05, 3.63) is 53.3 Å². The molecule has 0 fully saturated rings. The predicted octanol–water partition coefficient (Wildman–Crippen LogP) is 3.26. The highest BCUT2D eigenvalue weighted by Gasteiger charge is 2.17. The number of nitrogens with zero attached hydrogens (tertiary/aromatic N) is 6. The second kappa shape index (κ2) is 5.86. The third-order valence-electron chi connectivity index (χ3n) is 4.01. The van der Waals surface area contributed by atoms with Crippen molar-refractivity contribution in [2.45, 2.75) is 13.8 Å². The van der Waals surface area contributed by atoms with Crippen molar-refractivity contribution in [3.8, 4) is 23.0 Å². The Morgan fingerprint density at radius 2 is 1.80 bits per heavy atom. The Kier molecular flexibility index (Phi) is 3.65. The van der Waals surface area contributed by atoms with Gasteiger partial charge in [-0.25, -0.2) is 9.50 Å². The van der Waals surface area contributed by atoms with Gasteiger partial charge in [-0.3, -0.25) is 9.55 Å². The van der Waals surface area contributed by atoms with Crippen molar-refractivity contribution in [1.29, 1.82) is 0 Å². The van der Waals surface area contributed by atoms with Gasteiger partial charge in [0.2, 0.25) is 0 Å². The van der Waals surface area contributed by atoms with Gasteiger partial charge in [0.05, 0.1) is 25.2 Å². The van der Waals surface area contributed by atoms with Crippen LogP contribution in [0, 0.1) is 13.8 Å². The smallest absolute Gasteiger partial charge is 0.254 e. The summed E-state index contributed by atoms with van der Waals surface area (Å²) in [5.41, 5.74) is 4.10. The molecule has 4 rings (SSSR count). The summed E-state index contributed by atoms with van der Waals surface area (Å²) in [7, 11) is 1.59. The first-order valence-electron chi connectivity index (χ1n) is 7.65. The monoisotopic (exact) mass is 354 g/mol. The van der Waals surface area contributed by atoms with E-state index >= 15 is 0 Å². The summed E-state index contributed by atoms with van der Waals surface area (Å²) in [6.07, 6.45) is 4.95. The lowest BCUT2D eigenvalue weighted by Gasteiger charge is -2.08. The molecule has 0 aliphatic carbocycles. The molecule has 0 unspecified atom stereocenters. The second-order valence-corrected chi connectivity index (χ2v) is 6.01. The minimum absolute atomic E-state index is 0.320. The first kappa shape index (κ1) is 15.6. The fourth-order valence-electron chi connectivity index (χ4n) is 2.87. The van der Waals surface area contributed by atoms with E-state index in [-0.39, 0.29) is 0 Å². The van der Waals surface area contributed by atoms with Crippen molar-refractivity contribution in [3.63, 3.8) is 0 Å². The Balaban J connectivity index is 1.94. The molecule has 0 atom stereocenters. The van der Waals surface area contributed by atoms with Crippen LogP contribution in [0.15, 0.2) is 36.8 Å². The first-order valence-corrected chi connectivity index (χ1v) is 8.03. The molecule has 25 heavy (non-hydrogen) atoms. The van der Waals surface area contributed by atoms with E-state index in [1.54, 1.807) is 17.8 Å². The average molecular weight is 355 g/mol. The normalized spacial score (nSPS) is 11.2. The fourth-order valence-corrected chi connectivity index (χ4v) is 3.01. The van der Waals surface area contributed by atoms with Crippen molar-refractivity contribution >= 4 is 17.2 Å². The lowest BCUT2D eigenvalue weighted by atomic mass is 10.2. The molecule has 4 heterocycles. The van der Waals surface area contributed by atoms with Crippen molar-refractivity contribution in [1.82, 2.24) is 29.1 Å². The molecule has 126 valence electrons. The standard InChI is InChI=1S/C17H15ClN6O/c1-10-4-5-11(2)24(10)17-21-16-15(25-3)12(6-7-23(16)22-17)13-8-19-9-14(18)20-13/h4-9H,1-3H3. The number of aryl methyl sites for hydroxylation is 2. The Hall–Kier alpha value is -2.93. The number of ether oxygens (including phenoxy) is 1. The van der Waals surface area contributed by atoms with Crippen LogP contribution in [0.5, 0.6) is 5.75 Å². The summed E-state index contributed by atoms with van der Waals surface area (Å²) in [6, 6.07) is 5.93. The minimum Gasteiger partial charge on any atom is -0.492 e. The van der Waals surface area contributed by atoms with E-state index < -0.39 is 0 Å². The van der Waals surface area contributed by atoms with E-state index in [4.69, 9.17) is 16.3 Å². The molecule has 0 saturated carbocycles. The van der Waals surface area contributed by atoms with Crippen molar-refractivity contribution < 1.29 is 4.74 Å². The number of aromatic nitrogens is 6. The lowest BCUT2D eigenvalue weighted by Crippen LogP contribution is -2.01. The highest BCUT2D eigenvalue weighted by atomic mass is 35.5. The van der Waals surface area contributed by atoms with E-state index in [0.717, 1.165) is 17.0 Å². The van der Waals surface area contributed by atoms with E-state index in [1.165, 1.54) is 6.20 Å². The lowest BCUT2D eigenvalue weighted by molar-refractivity contribution is 0.418. The zero-order valence-corrected chi connectivity index (χ0v) is 14.7. The molecule has 0 aliphatic heterocycles. The van der Waals surface area contributed by atoms with Gasteiger partial charge in [0.25, 0.3) is 5.95 Å². The Morgan fingerprint density at radius 3 is 2.48 bits per heavy atom. The predicted molar refractivity (Wildman–Crippen MR) is 94.4 cm³/mol. The van der Waals surface area contributed by atoms with Crippen LogP contribution in [0.25, 0.3) is 22.9 Å². The maximum absolute atomic E-state index is 5.96. The number of rotatable bonds is 3. The summed E-state index contributed by atoms with van der Waals surface area (Å²) in [4.78, 5) is 13.1. The summed E-state index contributed by atoms with van der Waals surface area (Å²) < 4.78 is 9.28. The number of pyridine rings is 1. The van der Waals surface area contributed by atoms with Crippen LogP contribution in [0.1, 0.15) is 11.4 Å². The molecular formula is C17H15ClN6O. The third-order valence-corrected chi connectivity index (χ3v) is 4.19. The molecule has 0 saturated heterocycles. The van der Waals surface area contributed by atoms with Gasteiger partial charge < -0.3 is 4.74 Å². The number of hydrogen-bond acceptors (Lipinski definition) is 5. The second-order valence-electron chi connectivity index (χ2n) is 5.62. The largest absolute Gasteiger partial charge is 0.492 e. The molecule has 0 N–H and O–H groups in total. The van der Waals surface area contributed by atoms with Gasteiger partial charge in [-0.1, -0.05) is 11.6 Å². The van der Waals surface area contributed by atoms with Crippen molar-refractivity contribution in [2.24, 2.45) is 0 Å². The van der Waals surface area contributed by atoms with Crippen molar-refractivity contribution in [2.75, 3.05) is 7.11 Å². The van der Waals surface area contributed by atoms with Crippen LogP contribution in [0.2, 0.25) is 5.15 Å². The van der Waals surface area contributed by atoms with Crippen LogP contribution >= 0.6 is 11.6 Å². The third kappa shape index (κ3) is 2.53. The van der Waals surface area contributed by atoms with Gasteiger partial charge in [-0.2, -0.15) is 4.98 Å². The molecule has 0 spiro atoms. The van der Waals surface area contributed by atoms with Gasteiger partial charge in [-0.15, -0.1) is 5.10 Å². The number of methoxy groups -OCH3 is 1. The van der Waals surface area contributed by atoms with Gasteiger partial charge >= 0.3 is 0 Å². The Labute approximate surface area is 148 Å². The summed E-state index contributed by atoms with van der Waals surface area (Å²) in [5.74, 6) is 1.16.